The molecule has 1 saturated heterocycles. The Kier molecular flexibility index (Phi) is 4.39. The summed E-state index contributed by atoms with van der Waals surface area (Å²) in [5.41, 5.74) is 1.52. The molecular formula is C18H26N4O2. The van der Waals surface area contributed by atoms with Crippen LogP contribution < -0.4 is 4.90 Å². The van der Waals surface area contributed by atoms with Crippen molar-refractivity contribution in [3.63, 3.8) is 0 Å². The second-order valence-electron chi connectivity index (χ2n) is 7.41. The number of anilines is 1. The highest BCUT2D eigenvalue weighted by molar-refractivity contribution is 5.77. The van der Waals surface area contributed by atoms with Crippen LogP contribution in [0.5, 0.6) is 0 Å². The summed E-state index contributed by atoms with van der Waals surface area (Å²) in [6, 6.07) is 8.23. The molecule has 1 aliphatic rings. The van der Waals surface area contributed by atoms with Gasteiger partial charge in [-0.3, -0.25) is 0 Å². The minimum Gasteiger partial charge on any atom is -0.444 e. The van der Waals surface area contributed by atoms with Gasteiger partial charge in [-0.15, -0.1) is 0 Å². The van der Waals surface area contributed by atoms with Crippen molar-refractivity contribution >= 4 is 23.1 Å². The van der Waals surface area contributed by atoms with Crippen molar-refractivity contribution in [1.29, 1.82) is 0 Å². The van der Waals surface area contributed by atoms with Gasteiger partial charge in [0.2, 0.25) is 5.95 Å². The van der Waals surface area contributed by atoms with Gasteiger partial charge in [-0.05, 0) is 45.7 Å². The number of aromatic nitrogens is 2. The zero-order valence-electron chi connectivity index (χ0n) is 14.9. The zero-order chi connectivity index (χ0) is 17.3. The average Bonchev–Trinajstić information content (AvgIpc) is 2.96. The molecule has 24 heavy (non-hydrogen) atoms. The zero-order valence-corrected chi connectivity index (χ0v) is 14.9. The lowest BCUT2D eigenvalue weighted by Crippen LogP contribution is -2.50. The second-order valence-corrected chi connectivity index (χ2v) is 7.41. The summed E-state index contributed by atoms with van der Waals surface area (Å²) in [6.45, 7) is 7.09. The van der Waals surface area contributed by atoms with Crippen LogP contribution in [0.3, 0.4) is 0 Å². The van der Waals surface area contributed by atoms with Gasteiger partial charge < -0.3 is 19.5 Å². The molecule has 1 fully saturated rings. The third kappa shape index (κ3) is 3.63. The fraction of sp³-hybridized carbons (Fsp3) is 0.556. The smallest absolute Gasteiger partial charge is 0.410 e. The van der Waals surface area contributed by atoms with E-state index in [1.54, 1.807) is 4.90 Å². The van der Waals surface area contributed by atoms with Gasteiger partial charge in [0.05, 0.1) is 11.0 Å². The van der Waals surface area contributed by atoms with E-state index in [-0.39, 0.29) is 12.1 Å². The van der Waals surface area contributed by atoms with E-state index in [0.717, 1.165) is 36.4 Å². The van der Waals surface area contributed by atoms with Crippen molar-refractivity contribution in [2.24, 2.45) is 0 Å². The molecule has 6 nitrogen and oxygen atoms in total. The van der Waals surface area contributed by atoms with Crippen LogP contribution in [0.4, 0.5) is 10.7 Å². The monoisotopic (exact) mass is 330 g/mol. The molecule has 130 valence electrons. The number of likely N-dealkylation sites (tertiary alicyclic amines) is 1. The van der Waals surface area contributed by atoms with Crippen molar-refractivity contribution in [1.82, 2.24) is 14.9 Å². The highest BCUT2D eigenvalue weighted by Crippen LogP contribution is 2.23. The maximum absolute atomic E-state index is 12.3. The molecule has 0 spiro atoms. The lowest BCUT2D eigenvalue weighted by molar-refractivity contribution is 0.0199. The summed E-state index contributed by atoms with van der Waals surface area (Å²) >= 11 is 0. The Morgan fingerprint density at radius 2 is 2.12 bits per heavy atom. The van der Waals surface area contributed by atoms with E-state index in [0.29, 0.717) is 6.54 Å². The van der Waals surface area contributed by atoms with E-state index in [4.69, 9.17) is 4.74 Å². The lowest BCUT2D eigenvalue weighted by atomic mass is 10.1. The first-order valence-corrected chi connectivity index (χ1v) is 8.49. The number of imidazole rings is 1. The largest absolute Gasteiger partial charge is 0.444 e. The first kappa shape index (κ1) is 16.6. The number of hydrogen-bond donors (Lipinski definition) is 1. The predicted octanol–water partition coefficient (Wildman–Crippen LogP) is 3.40. The maximum atomic E-state index is 12.3. The standard InChI is InChI=1S/C18H26N4O2/c1-18(2,3)24-17(23)22-11-7-8-13(12-22)21(4)16-19-14-9-5-6-10-15(14)20-16/h5-6,9-10,13H,7-8,11-12H2,1-4H3,(H,19,20)/t13-/m1/s1. The SMILES string of the molecule is CN(c1nc2ccccc2[nH]1)[C@@H]1CCCN(C(=O)OC(C)(C)C)C1. The summed E-state index contributed by atoms with van der Waals surface area (Å²) in [6.07, 6.45) is 1.77. The number of nitrogens with zero attached hydrogens (tertiary/aromatic N) is 3. The number of nitrogens with one attached hydrogen (secondary N) is 1. The number of carbonyl (C=O) groups excluding carboxylic acids is 1. The molecule has 0 saturated carbocycles. The summed E-state index contributed by atoms with van der Waals surface area (Å²) in [4.78, 5) is 24.3. The Morgan fingerprint density at radius 1 is 1.38 bits per heavy atom. The Labute approximate surface area is 142 Å². The summed E-state index contributed by atoms with van der Waals surface area (Å²) < 4.78 is 5.50. The molecule has 3 rings (SSSR count). The number of H-pyrrole nitrogens is 1. The molecule has 0 unspecified atom stereocenters. The number of carbonyl (C=O) groups is 1. The van der Waals surface area contributed by atoms with Crippen LogP contribution in [0.2, 0.25) is 0 Å². The van der Waals surface area contributed by atoms with E-state index in [1.165, 1.54) is 0 Å². The maximum Gasteiger partial charge on any atom is 0.410 e. The lowest BCUT2D eigenvalue weighted by Gasteiger charge is -2.38. The molecule has 1 aromatic heterocycles. The van der Waals surface area contributed by atoms with E-state index in [1.807, 2.05) is 52.1 Å². The van der Waals surface area contributed by atoms with Crippen molar-refractivity contribution in [2.45, 2.75) is 45.3 Å². The van der Waals surface area contributed by atoms with Crippen LogP contribution in [0.25, 0.3) is 11.0 Å². The highest BCUT2D eigenvalue weighted by atomic mass is 16.6. The predicted molar refractivity (Wildman–Crippen MR) is 95.3 cm³/mol. The molecule has 1 atom stereocenters. The Morgan fingerprint density at radius 3 is 2.83 bits per heavy atom. The fourth-order valence-electron chi connectivity index (χ4n) is 3.04. The Bertz CT molecular complexity index is 686. The van der Waals surface area contributed by atoms with Crippen LogP contribution in [-0.2, 0) is 4.74 Å². The van der Waals surface area contributed by atoms with Gasteiger partial charge in [-0.25, -0.2) is 9.78 Å². The number of ether oxygens (including phenoxy) is 1. The molecular weight excluding hydrogens is 304 g/mol. The molecule has 6 heteroatoms. The van der Waals surface area contributed by atoms with Gasteiger partial charge >= 0.3 is 6.09 Å². The molecule has 1 aromatic carbocycles. The summed E-state index contributed by atoms with van der Waals surface area (Å²) in [5.74, 6) is 0.840. The molecule has 2 heterocycles. The number of amides is 1. The minimum atomic E-state index is -0.464. The molecule has 2 aromatic rings. The normalized spacial score (nSPS) is 18.7. The number of piperidine rings is 1. The number of para-hydroxylation sites is 2. The number of fused-ring (bicyclic) bond motifs is 1. The van der Waals surface area contributed by atoms with Crippen LogP contribution in [0.1, 0.15) is 33.6 Å². The number of benzene rings is 1. The van der Waals surface area contributed by atoms with Crippen molar-refractivity contribution in [2.75, 3.05) is 25.0 Å². The summed E-state index contributed by atoms with van der Waals surface area (Å²) in [7, 11) is 2.03. The van der Waals surface area contributed by atoms with Gasteiger partial charge in [0.1, 0.15) is 5.60 Å². The van der Waals surface area contributed by atoms with Crippen LogP contribution in [0, 0.1) is 0 Å². The highest BCUT2D eigenvalue weighted by Gasteiger charge is 2.30. The van der Waals surface area contributed by atoms with Crippen molar-refractivity contribution in [3.8, 4) is 0 Å². The van der Waals surface area contributed by atoms with Crippen molar-refractivity contribution in [3.05, 3.63) is 24.3 Å². The van der Waals surface area contributed by atoms with Crippen LogP contribution in [-0.4, -0.2) is 52.7 Å². The van der Waals surface area contributed by atoms with E-state index < -0.39 is 5.60 Å². The van der Waals surface area contributed by atoms with E-state index in [2.05, 4.69) is 14.9 Å². The third-order valence-electron chi connectivity index (χ3n) is 4.31. The number of aromatic amines is 1. The number of rotatable bonds is 2. The minimum absolute atomic E-state index is 0.229. The second kappa shape index (κ2) is 6.34. The quantitative estimate of drug-likeness (QED) is 0.917. The summed E-state index contributed by atoms with van der Waals surface area (Å²) in [5, 5.41) is 0. The first-order chi connectivity index (χ1) is 11.3. The average molecular weight is 330 g/mol. The fourth-order valence-corrected chi connectivity index (χ4v) is 3.04. The van der Waals surface area contributed by atoms with Crippen molar-refractivity contribution < 1.29 is 9.53 Å². The molecule has 0 bridgehead atoms. The molecule has 0 aliphatic carbocycles. The Hall–Kier alpha value is -2.24. The van der Waals surface area contributed by atoms with Gasteiger partial charge in [0.25, 0.3) is 0 Å². The van der Waals surface area contributed by atoms with E-state index in [9.17, 15) is 4.79 Å². The molecule has 1 amide bonds. The number of likely N-dealkylation sites (N-methyl/N-ethyl adjacent to an activating group) is 1. The molecule has 1 N–H and O–H groups in total. The van der Waals surface area contributed by atoms with Gasteiger partial charge in [-0.2, -0.15) is 0 Å². The Balaban J connectivity index is 1.70. The first-order valence-electron chi connectivity index (χ1n) is 8.49. The van der Waals surface area contributed by atoms with Gasteiger partial charge in [0, 0.05) is 26.2 Å². The van der Waals surface area contributed by atoms with Gasteiger partial charge in [0.15, 0.2) is 0 Å². The molecule has 0 radical (unpaired) electrons. The number of hydrogen-bond acceptors (Lipinski definition) is 4. The van der Waals surface area contributed by atoms with Crippen LogP contribution >= 0.6 is 0 Å². The molecule has 1 aliphatic heterocycles. The van der Waals surface area contributed by atoms with Crippen LogP contribution in [0.15, 0.2) is 24.3 Å². The van der Waals surface area contributed by atoms with E-state index >= 15 is 0 Å². The third-order valence-corrected chi connectivity index (χ3v) is 4.31. The van der Waals surface area contributed by atoms with Gasteiger partial charge in [-0.1, -0.05) is 12.1 Å². The topological polar surface area (TPSA) is 61.5 Å².